The maximum absolute atomic E-state index is 16.5. The van der Waals surface area contributed by atoms with Crippen molar-refractivity contribution in [1.82, 2.24) is 20.1 Å². The number of carbonyl (C=O) groups excluding carboxylic acids is 5. The van der Waals surface area contributed by atoms with Gasteiger partial charge in [0, 0.05) is 97.3 Å². The molecule has 3 aromatic carbocycles. The fourth-order valence-corrected chi connectivity index (χ4v) is 11.1. The fourth-order valence-electron chi connectivity index (χ4n) is 11.0. The summed E-state index contributed by atoms with van der Waals surface area (Å²) >= 11 is 6.39. The minimum atomic E-state index is -4.75. The Kier molecular flexibility index (Phi) is 11.4. The summed E-state index contributed by atoms with van der Waals surface area (Å²) < 4.78 is 64.6. The number of aromatic nitrogens is 1. The van der Waals surface area contributed by atoms with Gasteiger partial charge in [0.1, 0.15) is 29.3 Å². The molecule has 19 heteroatoms. The summed E-state index contributed by atoms with van der Waals surface area (Å²) in [6.45, 7) is 7.87. The lowest BCUT2D eigenvalue weighted by molar-refractivity contribution is -0.141. The molecule has 5 amide bonds. The molecule has 0 bridgehead atoms. The van der Waals surface area contributed by atoms with Crippen LogP contribution in [0.1, 0.15) is 89.1 Å². The topological polar surface area (TPSA) is 171 Å². The van der Waals surface area contributed by atoms with Gasteiger partial charge in [-0.2, -0.15) is 13.2 Å². The Labute approximate surface area is 388 Å². The van der Waals surface area contributed by atoms with Crippen molar-refractivity contribution in [3.63, 3.8) is 0 Å². The number of imide groups is 1. The summed E-state index contributed by atoms with van der Waals surface area (Å²) in [7, 11) is 1.42. The van der Waals surface area contributed by atoms with Crippen LogP contribution >= 0.6 is 11.6 Å². The highest BCUT2D eigenvalue weighted by molar-refractivity contribution is 6.30. The number of nitrogens with two attached hydrogens (primary N) is 1. The summed E-state index contributed by atoms with van der Waals surface area (Å²) in [6, 6.07) is 13.0. The third-order valence-corrected chi connectivity index (χ3v) is 14.2. The van der Waals surface area contributed by atoms with Crippen LogP contribution in [0.4, 0.5) is 34.6 Å². The maximum Gasteiger partial charge on any atom is 0.433 e. The Morgan fingerprint density at radius 2 is 1.75 bits per heavy atom. The Hall–Kier alpha value is -6.43. The highest BCUT2D eigenvalue weighted by Gasteiger charge is 2.66. The lowest BCUT2D eigenvalue weighted by Crippen LogP contribution is -2.52. The second kappa shape index (κ2) is 16.7. The summed E-state index contributed by atoms with van der Waals surface area (Å²) in [4.78, 5) is 76.9. The summed E-state index contributed by atoms with van der Waals surface area (Å²) in [5.74, 6) is -3.87. The number of amides is 5. The van der Waals surface area contributed by atoms with Gasteiger partial charge in [0.2, 0.25) is 17.7 Å². The summed E-state index contributed by atoms with van der Waals surface area (Å²) in [6.07, 6.45) is -2.83. The molecule has 9 rings (SSSR count). The SMILES string of the molecule is COc1cc(C(=O)N2CCN(c3ccc4c(c3)CN(C3CCC(=O)NC3=O)C4=O)CC2)ccc1N1[C@@H](CC(C)(C)C)[C@@]2(CNc3cc(C(F)(F)F)ncc32)[C@@H](c2cccc(Cl)c2F)[C@@H]1C(N)=O. The van der Waals surface area contributed by atoms with E-state index in [9.17, 15) is 37.1 Å². The van der Waals surface area contributed by atoms with E-state index in [0.717, 1.165) is 23.5 Å². The van der Waals surface area contributed by atoms with Gasteiger partial charge >= 0.3 is 6.18 Å². The molecular formula is C48H49ClF4N8O6. The fraction of sp³-hybridized carbons (Fsp3) is 0.417. The molecule has 5 aliphatic rings. The lowest BCUT2D eigenvalue weighted by atomic mass is 9.63. The lowest BCUT2D eigenvalue weighted by Gasteiger charge is -2.41. The molecule has 67 heavy (non-hydrogen) atoms. The van der Waals surface area contributed by atoms with Gasteiger partial charge in [-0.1, -0.05) is 44.5 Å². The minimum absolute atomic E-state index is 0.00177. The number of pyridine rings is 1. The van der Waals surface area contributed by atoms with Crippen molar-refractivity contribution < 1.29 is 46.3 Å². The molecule has 1 unspecified atom stereocenters. The van der Waals surface area contributed by atoms with Crippen molar-refractivity contribution in [3.05, 3.63) is 111 Å². The van der Waals surface area contributed by atoms with E-state index in [-0.39, 0.29) is 65.7 Å². The number of anilines is 3. The minimum Gasteiger partial charge on any atom is -0.495 e. The highest BCUT2D eigenvalue weighted by atomic mass is 35.5. The van der Waals surface area contributed by atoms with Crippen LogP contribution in [-0.4, -0.2) is 102 Å². The Morgan fingerprint density at radius 1 is 1.00 bits per heavy atom. The average molecular weight is 945 g/mol. The number of primary amides is 1. The van der Waals surface area contributed by atoms with E-state index < -0.39 is 64.4 Å². The van der Waals surface area contributed by atoms with Crippen LogP contribution in [0.3, 0.4) is 0 Å². The third-order valence-electron chi connectivity index (χ3n) is 13.9. The molecule has 3 saturated heterocycles. The zero-order valence-electron chi connectivity index (χ0n) is 37.2. The molecule has 3 fully saturated rings. The Balaban J connectivity index is 1.02. The van der Waals surface area contributed by atoms with Gasteiger partial charge in [0.25, 0.3) is 11.8 Å². The zero-order chi connectivity index (χ0) is 47.9. The second-order valence-electron chi connectivity index (χ2n) is 19.1. The van der Waals surface area contributed by atoms with E-state index >= 15 is 4.39 Å². The van der Waals surface area contributed by atoms with Crippen molar-refractivity contribution in [2.45, 2.75) is 82.2 Å². The summed E-state index contributed by atoms with van der Waals surface area (Å²) in [5.41, 5.74) is 6.83. The number of hydrogen-bond acceptors (Lipinski definition) is 10. The van der Waals surface area contributed by atoms with Crippen molar-refractivity contribution in [2.24, 2.45) is 11.1 Å². The quantitative estimate of drug-likeness (QED) is 0.136. The van der Waals surface area contributed by atoms with Gasteiger partial charge in [-0.15, -0.1) is 0 Å². The number of benzene rings is 3. The van der Waals surface area contributed by atoms with Gasteiger partial charge < -0.3 is 35.4 Å². The van der Waals surface area contributed by atoms with Crippen molar-refractivity contribution in [3.8, 4) is 5.75 Å². The van der Waals surface area contributed by atoms with Gasteiger partial charge in [-0.25, -0.2) is 4.39 Å². The van der Waals surface area contributed by atoms with Gasteiger partial charge in [-0.05, 0) is 77.9 Å². The van der Waals surface area contributed by atoms with Crippen LogP contribution in [0.15, 0.2) is 66.9 Å². The predicted molar refractivity (Wildman–Crippen MR) is 240 cm³/mol. The van der Waals surface area contributed by atoms with Gasteiger partial charge in [0.15, 0.2) is 0 Å². The van der Waals surface area contributed by atoms with Crippen molar-refractivity contribution >= 4 is 58.2 Å². The first kappa shape index (κ1) is 45.7. The Morgan fingerprint density at radius 3 is 2.42 bits per heavy atom. The molecule has 4 N–H and O–H groups in total. The first-order valence-corrected chi connectivity index (χ1v) is 22.4. The van der Waals surface area contributed by atoms with Crippen LogP contribution in [-0.2, 0) is 32.5 Å². The smallest absolute Gasteiger partial charge is 0.433 e. The molecule has 0 radical (unpaired) electrons. The molecule has 4 aromatic rings. The first-order valence-electron chi connectivity index (χ1n) is 22.0. The number of carbonyl (C=O) groups is 5. The maximum atomic E-state index is 16.5. The van der Waals surface area contributed by atoms with Crippen LogP contribution in [0, 0.1) is 11.2 Å². The van der Waals surface area contributed by atoms with Gasteiger partial charge in [0.05, 0.1) is 17.8 Å². The number of piperidine rings is 1. The third kappa shape index (κ3) is 7.85. The van der Waals surface area contributed by atoms with E-state index in [1.165, 1.54) is 24.1 Å². The molecule has 6 heterocycles. The van der Waals surface area contributed by atoms with Crippen LogP contribution in [0.5, 0.6) is 5.75 Å². The van der Waals surface area contributed by atoms with Crippen LogP contribution < -0.4 is 30.9 Å². The van der Waals surface area contributed by atoms with E-state index in [2.05, 4.69) is 20.5 Å². The number of nitrogens with one attached hydrogen (secondary N) is 2. The second-order valence-corrected chi connectivity index (χ2v) is 19.5. The van der Waals surface area contributed by atoms with Gasteiger partial charge in [-0.3, -0.25) is 34.3 Å². The molecule has 352 valence electrons. The number of rotatable bonds is 8. The van der Waals surface area contributed by atoms with E-state index in [1.54, 1.807) is 40.1 Å². The number of fused-ring (bicyclic) bond motifs is 3. The molecule has 1 spiro atoms. The number of piperazine rings is 1. The zero-order valence-corrected chi connectivity index (χ0v) is 37.9. The molecule has 0 saturated carbocycles. The largest absolute Gasteiger partial charge is 0.495 e. The molecular weight excluding hydrogens is 896 g/mol. The van der Waals surface area contributed by atoms with Crippen LogP contribution in [0.2, 0.25) is 5.02 Å². The predicted octanol–water partition coefficient (Wildman–Crippen LogP) is 6.25. The van der Waals surface area contributed by atoms with Crippen molar-refractivity contribution in [2.75, 3.05) is 55.0 Å². The van der Waals surface area contributed by atoms with E-state index in [1.807, 2.05) is 32.9 Å². The molecule has 5 atom stereocenters. The summed E-state index contributed by atoms with van der Waals surface area (Å²) in [5, 5.41) is 5.28. The highest BCUT2D eigenvalue weighted by Crippen LogP contribution is 2.61. The molecule has 5 aliphatic heterocycles. The Bertz CT molecular complexity index is 2720. The van der Waals surface area contributed by atoms with Crippen molar-refractivity contribution in [1.29, 1.82) is 0 Å². The average Bonchev–Trinajstić information content (AvgIpc) is 3.92. The van der Waals surface area contributed by atoms with E-state index in [4.69, 9.17) is 22.1 Å². The molecule has 0 aliphatic carbocycles. The number of halogens is 5. The number of nitrogens with zero attached hydrogens (tertiary/aromatic N) is 5. The monoisotopic (exact) mass is 944 g/mol. The number of ether oxygens (including phenoxy) is 1. The van der Waals surface area contributed by atoms with E-state index in [0.29, 0.717) is 55.0 Å². The number of hydrogen-bond donors (Lipinski definition) is 3. The number of alkyl halides is 3. The number of methoxy groups -OCH3 is 1. The normalized spacial score (nSPS) is 23.9. The standard InChI is InChI=1S/C48H49ClF4N8O6/c1-46(2,3)21-37-47(24-56-32-20-36(48(51,52)53)55-22-30(32)47)39(29-6-5-7-31(49)40(29)50)41(42(54)63)61(37)33-11-8-25(19-35(33)67-4)44(65)59-16-14-58(15-17-59)27-9-10-28-26(18-27)23-60(45(28)66)34-12-13-38(62)57-43(34)64/h5-11,18-20,22,34,37,39,41,56H,12-17,21,23-24H2,1-4H3,(H2,54,63)(H,57,62,64)/t34?,37-,39-,41+,47-/m0/s1. The first-order chi connectivity index (χ1) is 31.7. The van der Waals surface area contributed by atoms with Crippen LogP contribution in [0.25, 0.3) is 0 Å². The molecule has 14 nitrogen and oxygen atoms in total. The molecule has 1 aromatic heterocycles.